The molecule has 1 aliphatic heterocycles. The van der Waals surface area contributed by atoms with Gasteiger partial charge in [0.05, 0.1) is 4.90 Å². The minimum atomic E-state index is -3.71. The molecule has 2 aromatic carbocycles. The number of carbonyl (C=O) groups excluding carboxylic acids is 1. The number of sulfonamides is 1. The van der Waals surface area contributed by atoms with Crippen molar-refractivity contribution in [2.24, 2.45) is 0 Å². The van der Waals surface area contributed by atoms with E-state index >= 15 is 0 Å². The van der Waals surface area contributed by atoms with E-state index < -0.39 is 10.0 Å². The van der Waals surface area contributed by atoms with Gasteiger partial charge in [-0.05, 0) is 68.5 Å². The summed E-state index contributed by atoms with van der Waals surface area (Å²) in [5.41, 5.74) is 4.74. The zero-order chi connectivity index (χ0) is 20.5. The van der Waals surface area contributed by atoms with Crippen molar-refractivity contribution in [3.8, 4) is 0 Å². The molecule has 3 rings (SSSR count). The smallest absolute Gasteiger partial charge is 0.262 e. The first-order chi connectivity index (χ1) is 13.2. The summed E-state index contributed by atoms with van der Waals surface area (Å²) in [5, 5.41) is 0. The average molecular weight is 403 g/mol. The third kappa shape index (κ3) is 4.05. The van der Waals surface area contributed by atoms with Crippen LogP contribution in [0.5, 0.6) is 0 Å². The van der Waals surface area contributed by atoms with E-state index in [0.29, 0.717) is 17.1 Å². The molecular formula is C21H26N2O4S. The van der Waals surface area contributed by atoms with E-state index in [2.05, 4.69) is 4.72 Å². The molecule has 0 fully saturated rings. The number of fused-ring (bicyclic) bond motifs is 1. The molecule has 0 unspecified atom stereocenters. The summed E-state index contributed by atoms with van der Waals surface area (Å²) in [5.74, 6) is -0.0947. The van der Waals surface area contributed by atoms with Crippen LogP contribution in [0.25, 0.3) is 0 Å². The Balaban J connectivity index is 1.91. The molecule has 1 amide bonds. The average Bonchev–Trinajstić information content (AvgIpc) is 2.59. The fourth-order valence-electron chi connectivity index (χ4n) is 3.92. The third-order valence-corrected chi connectivity index (χ3v) is 6.58. The van der Waals surface area contributed by atoms with E-state index in [1.54, 1.807) is 30.9 Å². The molecule has 0 atom stereocenters. The first kappa shape index (κ1) is 20.4. The SMILES string of the molecule is COCC(=O)N1CCCc2cc(NS(=O)(=O)c3c(C)cc(C)cc3C)ccc21. The number of rotatable bonds is 5. The first-order valence-corrected chi connectivity index (χ1v) is 10.7. The van der Waals surface area contributed by atoms with Gasteiger partial charge in [0.25, 0.3) is 15.9 Å². The summed E-state index contributed by atoms with van der Waals surface area (Å²) in [6.07, 6.45) is 1.62. The number of hydrogen-bond donors (Lipinski definition) is 1. The summed E-state index contributed by atoms with van der Waals surface area (Å²) in [6, 6.07) is 9.06. The van der Waals surface area contributed by atoms with Crippen LogP contribution < -0.4 is 9.62 Å². The lowest BCUT2D eigenvalue weighted by Crippen LogP contribution is -2.37. The molecule has 1 heterocycles. The van der Waals surface area contributed by atoms with E-state index in [-0.39, 0.29) is 12.5 Å². The number of nitrogens with zero attached hydrogens (tertiary/aromatic N) is 1. The number of hydrogen-bond acceptors (Lipinski definition) is 4. The maximum Gasteiger partial charge on any atom is 0.262 e. The largest absolute Gasteiger partial charge is 0.375 e. The number of ether oxygens (including phenoxy) is 1. The van der Waals surface area contributed by atoms with Crippen molar-refractivity contribution in [3.05, 3.63) is 52.6 Å². The van der Waals surface area contributed by atoms with Crippen molar-refractivity contribution in [3.63, 3.8) is 0 Å². The molecular weight excluding hydrogens is 376 g/mol. The van der Waals surface area contributed by atoms with Gasteiger partial charge in [-0.3, -0.25) is 9.52 Å². The van der Waals surface area contributed by atoms with Gasteiger partial charge in [0.15, 0.2) is 0 Å². The fourth-order valence-corrected chi connectivity index (χ4v) is 5.42. The Morgan fingerprint density at radius 1 is 1.14 bits per heavy atom. The van der Waals surface area contributed by atoms with Gasteiger partial charge < -0.3 is 9.64 Å². The van der Waals surface area contributed by atoms with Gasteiger partial charge in [-0.1, -0.05) is 17.7 Å². The third-order valence-electron chi connectivity index (χ3n) is 4.89. The van der Waals surface area contributed by atoms with Crippen LogP contribution in [0.4, 0.5) is 11.4 Å². The Labute approximate surface area is 166 Å². The molecule has 28 heavy (non-hydrogen) atoms. The van der Waals surface area contributed by atoms with Gasteiger partial charge in [0, 0.05) is 25.0 Å². The van der Waals surface area contributed by atoms with E-state index in [9.17, 15) is 13.2 Å². The maximum absolute atomic E-state index is 13.0. The van der Waals surface area contributed by atoms with Gasteiger partial charge in [0.2, 0.25) is 0 Å². The van der Waals surface area contributed by atoms with Crippen LogP contribution in [-0.4, -0.2) is 34.6 Å². The molecule has 7 heteroatoms. The molecule has 0 radical (unpaired) electrons. The van der Waals surface area contributed by atoms with Gasteiger partial charge in [0.1, 0.15) is 6.61 Å². The molecule has 0 saturated heterocycles. The predicted molar refractivity (Wildman–Crippen MR) is 110 cm³/mol. The predicted octanol–water partition coefficient (Wildman–Crippen LogP) is 3.34. The van der Waals surface area contributed by atoms with Crippen LogP contribution >= 0.6 is 0 Å². The zero-order valence-corrected chi connectivity index (χ0v) is 17.5. The van der Waals surface area contributed by atoms with Crippen molar-refractivity contribution in [2.75, 3.05) is 29.9 Å². The van der Waals surface area contributed by atoms with Crippen LogP contribution in [0.3, 0.4) is 0 Å². The minimum Gasteiger partial charge on any atom is -0.375 e. The second-order valence-electron chi connectivity index (χ2n) is 7.26. The number of nitrogens with one attached hydrogen (secondary N) is 1. The summed E-state index contributed by atoms with van der Waals surface area (Å²) in [7, 11) is -2.21. The van der Waals surface area contributed by atoms with Crippen molar-refractivity contribution in [1.82, 2.24) is 0 Å². The standard InChI is InChI=1S/C21H26N2O4S/c1-14-10-15(2)21(16(3)11-14)28(25,26)22-18-7-8-19-17(12-18)6-5-9-23(19)20(24)13-27-4/h7-8,10-12,22H,5-6,9,13H2,1-4H3. The van der Waals surface area contributed by atoms with Crippen LogP contribution in [-0.2, 0) is 26.0 Å². The zero-order valence-electron chi connectivity index (χ0n) is 16.7. The second kappa shape index (κ2) is 7.93. The van der Waals surface area contributed by atoms with Gasteiger partial charge in [-0.2, -0.15) is 0 Å². The van der Waals surface area contributed by atoms with Crippen LogP contribution in [0.2, 0.25) is 0 Å². The second-order valence-corrected chi connectivity index (χ2v) is 8.88. The van der Waals surface area contributed by atoms with Crippen LogP contribution in [0.1, 0.15) is 28.7 Å². The monoisotopic (exact) mass is 402 g/mol. The molecule has 2 aromatic rings. The van der Waals surface area contributed by atoms with Crippen molar-refractivity contribution < 1.29 is 17.9 Å². The van der Waals surface area contributed by atoms with Gasteiger partial charge in [-0.25, -0.2) is 8.42 Å². The highest BCUT2D eigenvalue weighted by Crippen LogP contribution is 2.31. The first-order valence-electron chi connectivity index (χ1n) is 9.26. The Kier molecular flexibility index (Phi) is 5.76. The van der Waals surface area contributed by atoms with E-state index in [1.807, 2.05) is 25.1 Å². The lowest BCUT2D eigenvalue weighted by Gasteiger charge is -2.29. The quantitative estimate of drug-likeness (QED) is 0.832. The summed E-state index contributed by atoms with van der Waals surface area (Å²) in [6.45, 7) is 6.23. The topological polar surface area (TPSA) is 75.7 Å². The normalized spacial score (nSPS) is 13.9. The molecule has 6 nitrogen and oxygen atoms in total. The Bertz CT molecular complexity index is 992. The highest BCUT2D eigenvalue weighted by molar-refractivity contribution is 7.92. The minimum absolute atomic E-state index is 0.0276. The Morgan fingerprint density at radius 3 is 2.46 bits per heavy atom. The van der Waals surface area contributed by atoms with Gasteiger partial charge in [-0.15, -0.1) is 0 Å². The van der Waals surface area contributed by atoms with Crippen molar-refractivity contribution in [1.29, 1.82) is 0 Å². The molecule has 150 valence electrons. The highest BCUT2D eigenvalue weighted by atomic mass is 32.2. The van der Waals surface area contributed by atoms with E-state index in [4.69, 9.17) is 4.74 Å². The number of amides is 1. The Morgan fingerprint density at radius 2 is 1.82 bits per heavy atom. The molecule has 0 bridgehead atoms. The maximum atomic E-state index is 13.0. The van der Waals surface area contributed by atoms with Crippen LogP contribution in [0.15, 0.2) is 35.2 Å². The van der Waals surface area contributed by atoms with E-state index in [0.717, 1.165) is 40.8 Å². The summed E-state index contributed by atoms with van der Waals surface area (Å²) in [4.78, 5) is 14.3. The Hall–Kier alpha value is -2.38. The van der Waals surface area contributed by atoms with Gasteiger partial charge >= 0.3 is 0 Å². The molecule has 1 aliphatic rings. The molecule has 0 aliphatic carbocycles. The van der Waals surface area contributed by atoms with Crippen molar-refractivity contribution in [2.45, 2.75) is 38.5 Å². The summed E-state index contributed by atoms with van der Waals surface area (Å²) >= 11 is 0. The molecule has 1 N–H and O–H groups in total. The fraction of sp³-hybridized carbons (Fsp3) is 0.381. The van der Waals surface area contributed by atoms with Crippen LogP contribution in [0, 0.1) is 20.8 Å². The number of methoxy groups -OCH3 is 1. The molecule has 0 aromatic heterocycles. The number of benzene rings is 2. The number of aryl methyl sites for hydroxylation is 4. The highest BCUT2D eigenvalue weighted by Gasteiger charge is 2.24. The summed E-state index contributed by atoms with van der Waals surface area (Å²) < 4.78 is 33.6. The number of carbonyl (C=O) groups is 1. The molecule has 0 saturated carbocycles. The number of anilines is 2. The van der Waals surface area contributed by atoms with E-state index in [1.165, 1.54) is 7.11 Å². The lowest BCUT2D eigenvalue weighted by atomic mass is 10.0. The lowest BCUT2D eigenvalue weighted by molar-refractivity contribution is -0.122. The van der Waals surface area contributed by atoms with Crippen molar-refractivity contribution >= 4 is 27.3 Å². The molecule has 0 spiro atoms.